The molecule has 1 amide bonds. The van der Waals surface area contributed by atoms with Crippen molar-refractivity contribution in [2.75, 3.05) is 5.32 Å². The highest BCUT2D eigenvalue weighted by Gasteiger charge is 2.28. The summed E-state index contributed by atoms with van der Waals surface area (Å²) in [6, 6.07) is 8.54. The smallest absolute Gasteiger partial charge is 0.282 e. The largest absolute Gasteiger partial charge is 0.334 e. The highest BCUT2D eigenvalue weighted by molar-refractivity contribution is 5.93. The maximum Gasteiger partial charge on any atom is 0.282 e. The lowest BCUT2D eigenvalue weighted by molar-refractivity contribution is -0.714. The second-order valence-electron chi connectivity index (χ2n) is 6.27. The number of nitrogens with one attached hydrogen (secondary N) is 1. The Morgan fingerprint density at radius 1 is 1.35 bits per heavy atom. The van der Waals surface area contributed by atoms with Crippen LogP contribution >= 0.6 is 0 Å². The first kappa shape index (κ1) is 15.0. The summed E-state index contributed by atoms with van der Waals surface area (Å²) in [7, 11) is 0. The molecule has 0 aliphatic heterocycles. The van der Waals surface area contributed by atoms with Crippen molar-refractivity contribution in [3.8, 4) is 0 Å². The topological polar surface area (TPSA) is 45.7 Å². The van der Waals surface area contributed by atoms with Gasteiger partial charge in [-0.1, -0.05) is 25.5 Å². The average molecular weight is 275 g/mol. The van der Waals surface area contributed by atoms with Gasteiger partial charge in [0, 0.05) is 11.6 Å². The fourth-order valence-electron chi connectivity index (χ4n) is 3.07. The van der Waals surface area contributed by atoms with Crippen LogP contribution in [-0.2, 0) is 4.79 Å². The van der Waals surface area contributed by atoms with Gasteiger partial charge in [-0.3, -0.25) is 4.79 Å². The average Bonchev–Trinajstić information content (AvgIpc) is 2.41. The van der Waals surface area contributed by atoms with E-state index in [9.17, 15) is 4.79 Å². The van der Waals surface area contributed by atoms with E-state index >= 15 is 0 Å². The van der Waals surface area contributed by atoms with Crippen molar-refractivity contribution in [1.29, 1.82) is 0 Å². The Bertz CT molecular complexity index is 458. The molecule has 3 nitrogen and oxygen atoms in total. The molecule has 0 aromatic heterocycles. The fraction of sp³-hybridized carbons (Fsp3) is 0.588. The summed E-state index contributed by atoms with van der Waals surface area (Å²) in [6.45, 7) is 6.35. The molecule has 0 spiro atoms. The molecule has 3 heteroatoms. The standard InChI is InChI=1S/C17H26N2O/c1-12-7-6-9-15(11-12)19-17(20)14(3)18-16-10-5-4-8-13(16)2/h6-7,9,11,13-14,16,18H,4-5,8,10H2,1-3H3,(H,19,20)/p+1/t13-,14-,16-/m0/s1. The lowest BCUT2D eigenvalue weighted by Gasteiger charge is -2.28. The third-order valence-electron chi connectivity index (χ3n) is 4.41. The SMILES string of the molecule is Cc1cccc(NC(=O)[C@H](C)[NH2+][C@H]2CCCC[C@@H]2C)c1. The van der Waals surface area contributed by atoms with Gasteiger partial charge >= 0.3 is 0 Å². The van der Waals surface area contributed by atoms with E-state index in [1.807, 2.05) is 38.1 Å². The van der Waals surface area contributed by atoms with Gasteiger partial charge in [-0.2, -0.15) is 0 Å². The minimum absolute atomic E-state index is 0.0268. The highest BCUT2D eigenvalue weighted by atomic mass is 16.2. The van der Waals surface area contributed by atoms with Gasteiger partial charge in [0.15, 0.2) is 6.04 Å². The van der Waals surface area contributed by atoms with Crippen LogP contribution in [0, 0.1) is 12.8 Å². The lowest BCUT2D eigenvalue weighted by atomic mass is 9.85. The second kappa shape index (κ2) is 6.89. The molecule has 3 atom stereocenters. The normalized spacial score (nSPS) is 24.1. The predicted octanol–water partition coefficient (Wildman–Crippen LogP) is 2.46. The van der Waals surface area contributed by atoms with Gasteiger partial charge in [0.25, 0.3) is 5.91 Å². The van der Waals surface area contributed by atoms with Gasteiger partial charge < -0.3 is 10.6 Å². The Morgan fingerprint density at radius 2 is 2.10 bits per heavy atom. The van der Waals surface area contributed by atoms with Crippen LogP contribution in [0.5, 0.6) is 0 Å². The summed E-state index contributed by atoms with van der Waals surface area (Å²) in [5.74, 6) is 0.825. The van der Waals surface area contributed by atoms with Crippen molar-refractivity contribution >= 4 is 11.6 Å². The van der Waals surface area contributed by atoms with Crippen LogP contribution in [0.4, 0.5) is 5.69 Å². The number of nitrogens with two attached hydrogens (primary N) is 1. The van der Waals surface area contributed by atoms with E-state index in [1.165, 1.54) is 31.2 Å². The van der Waals surface area contributed by atoms with E-state index in [0.717, 1.165) is 11.6 Å². The molecule has 1 aromatic carbocycles. The molecule has 20 heavy (non-hydrogen) atoms. The van der Waals surface area contributed by atoms with Crippen molar-refractivity contribution in [2.45, 2.75) is 58.5 Å². The molecule has 0 saturated heterocycles. The summed E-state index contributed by atoms with van der Waals surface area (Å²) >= 11 is 0. The van der Waals surface area contributed by atoms with Crippen LogP contribution in [0.2, 0.25) is 0 Å². The van der Waals surface area contributed by atoms with Gasteiger partial charge in [-0.25, -0.2) is 0 Å². The number of carbonyl (C=O) groups excluding carboxylic acids is 1. The molecule has 0 heterocycles. The molecule has 1 aromatic rings. The molecule has 2 rings (SSSR count). The van der Waals surface area contributed by atoms with Crippen LogP contribution in [0.3, 0.4) is 0 Å². The minimum atomic E-state index is -0.0268. The third-order valence-corrected chi connectivity index (χ3v) is 4.41. The molecule has 3 N–H and O–H groups in total. The molecular formula is C17H27N2O+. The first-order chi connectivity index (χ1) is 9.56. The van der Waals surface area contributed by atoms with E-state index in [-0.39, 0.29) is 11.9 Å². The van der Waals surface area contributed by atoms with Gasteiger partial charge in [0.05, 0.1) is 6.04 Å². The Morgan fingerprint density at radius 3 is 2.80 bits per heavy atom. The predicted molar refractivity (Wildman–Crippen MR) is 82.6 cm³/mol. The maximum atomic E-state index is 12.3. The van der Waals surface area contributed by atoms with Crippen molar-refractivity contribution in [1.82, 2.24) is 0 Å². The third kappa shape index (κ3) is 4.07. The highest BCUT2D eigenvalue weighted by Crippen LogP contribution is 2.21. The van der Waals surface area contributed by atoms with Gasteiger partial charge in [-0.05, 0) is 50.8 Å². The Hall–Kier alpha value is -1.35. The Labute approximate surface area is 122 Å². The molecule has 1 saturated carbocycles. The summed E-state index contributed by atoms with van der Waals surface area (Å²) in [6.07, 6.45) is 5.18. The number of benzene rings is 1. The first-order valence-corrected chi connectivity index (χ1v) is 7.79. The van der Waals surface area contributed by atoms with E-state index < -0.39 is 0 Å². The molecule has 1 fully saturated rings. The van der Waals surface area contributed by atoms with E-state index in [4.69, 9.17) is 0 Å². The molecule has 0 radical (unpaired) electrons. The summed E-state index contributed by atoms with van der Waals surface area (Å²) < 4.78 is 0. The number of anilines is 1. The number of hydrogen-bond acceptors (Lipinski definition) is 1. The fourth-order valence-corrected chi connectivity index (χ4v) is 3.07. The monoisotopic (exact) mass is 275 g/mol. The van der Waals surface area contributed by atoms with Crippen molar-refractivity contribution in [3.63, 3.8) is 0 Å². The maximum absolute atomic E-state index is 12.3. The lowest BCUT2D eigenvalue weighted by Crippen LogP contribution is -2.97. The van der Waals surface area contributed by atoms with Crippen LogP contribution in [0.25, 0.3) is 0 Å². The number of quaternary nitrogens is 1. The number of amides is 1. The Balaban J connectivity index is 1.88. The van der Waals surface area contributed by atoms with Crippen molar-refractivity contribution < 1.29 is 10.1 Å². The van der Waals surface area contributed by atoms with Crippen LogP contribution < -0.4 is 10.6 Å². The second-order valence-corrected chi connectivity index (χ2v) is 6.27. The van der Waals surface area contributed by atoms with Crippen LogP contribution in [-0.4, -0.2) is 18.0 Å². The molecule has 0 bridgehead atoms. The van der Waals surface area contributed by atoms with Gasteiger partial charge in [-0.15, -0.1) is 0 Å². The van der Waals surface area contributed by atoms with Crippen molar-refractivity contribution in [3.05, 3.63) is 29.8 Å². The molecule has 1 aliphatic rings. The van der Waals surface area contributed by atoms with Gasteiger partial charge in [0.2, 0.25) is 0 Å². The zero-order valence-electron chi connectivity index (χ0n) is 12.9. The summed E-state index contributed by atoms with van der Waals surface area (Å²) in [4.78, 5) is 12.3. The quantitative estimate of drug-likeness (QED) is 0.871. The number of aryl methyl sites for hydroxylation is 1. The minimum Gasteiger partial charge on any atom is -0.334 e. The molecular weight excluding hydrogens is 248 g/mol. The molecule has 110 valence electrons. The summed E-state index contributed by atoms with van der Waals surface area (Å²) in [5, 5.41) is 5.28. The Kier molecular flexibility index (Phi) is 5.18. The van der Waals surface area contributed by atoms with Gasteiger partial charge in [0.1, 0.15) is 0 Å². The summed E-state index contributed by atoms with van der Waals surface area (Å²) in [5.41, 5.74) is 2.06. The van der Waals surface area contributed by atoms with Crippen LogP contribution in [0.15, 0.2) is 24.3 Å². The van der Waals surface area contributed by atoms with E-state index in [2.05, 4.69) is 17.6 Å². The molecule has 1 aliphatic carbocycles. The van der Waals surface area contributed by atoms with Crippen molar-refractivity contribution in [2.24, 2.45) is 5.92 Å². The molecule has 0 unspecified atom stereocenters. The number of carbonyl (C=O) groups is 1. The van der Waals surface area contributed by atoms with Crippen LogP contribution in [0.1, 0.15) is 45.1 Å². The van der Waals surface area contributed by atoms with E-state index in [1.54, 1.807) is 0 Å². The number of hydrogen-bond donors (Lipinski definition) is 2. The zero-order chi connectivity index (χ0) is 14.5. The van der Waals surface area contributed by atoms with E-state index in [0.29, 0.717) is 6.04 Å². The number of rotatable bonds is 4. The zero-order valence-corrected chi connectivity index (χ0v) is 12.9. The first-order valence-electron chi connectivity index (χ1n) is 7.79.